The van der Waals surface area contributed by atoms with E-state index in [0.29, 0.717) is 11.5 Å². The SMILES string of the molecule is CO/C(C)=C/C=Nc1ccc(OC)c(OC)c1. The Morgan fingerprint density at radius 3 is 2.41 bits per heavy atom. The van der Waals surface area contributed by atoms with Gasteiger partial charge in [0.15, 0.2) is 11.5 Å². The first-order valence-corrected chi connectivity index (χ1v) is 5.18. The highest BCUT2D eigenvalue weighted by Crippen LogP contribution is 2.30. The van der Waals surface area contributed by atoms with Crippen LogP contribution in [-0.4, -0.2) is 27.5 Å². The molecule has 0 N–H and O–H groups in total. The molecule has 0 unspecified atom stereocenters. The molecule has 0 amide bonds. The lowest BCUT2D eigenvalue weighted by molar-refractivity contribution is 0.294. The summed E-state index contributed by atoms with van der Waals surface area (Å²) in [6.45, 7) is 1.86. The molecule has 1 aromatic carbocycles. The van der Waals surface area contributed by atoms with Gasteiger partial charge in [0, 0.05) is 12.3 Å². The Bertz CT molecular complexity index is 425. The summed E-state index contributed by atoms with van der Waals surface area (Å²) in [6.07, 6.45) is 3.47. The van der Waals surface area contributed by atoms with Gasteiger partial charge in [0.25, 0.3) is 0 Å². The zero-order valence-corrected chi connectivity index (χ0v) is 10.6. The quantitative estimate of drug-likeness (QED) is 0.582. The molecule has 0 aliphatic rings. The average molecular weight is 235 g/mol. The molecule has 0 aromatic heterocycles. The number of methoxy groups -OCH3 is 3. The molecule has 0 heterocycles. The van der Waals surface area contributed by atoms with Crippen LogP contribution in [0.2, 0.25) is 0 Å². The van der Waals surface area contributed by atoms with Crippen molar-refractivity contribution >= 4 is 11.9 Å². The van der Waals surface area contributed by atoms with Gasteiger partial charge >= 0.3 is 0 Å². The monoisotopic (exact) mass is 235 g/mol. The molecule has 4 heteroatoms. The third-order valence-corrected chi connectivity index (χ3v) is 2.22. The first-order chi connectivity index (χ1) is 8.21. The average Bonchev–Trinajstić information content (AvgIpc) is 2.38. The van der Waals surface area contributed by atoms with Crippen molar-refractivity contribution in [2.24, 2.45) is 4.99 Å². The summed E-state index contributed by atoms with van der Waals surface area (Å²) >= 11 is 0. The third-order valence-electron chi connectivity index (χ3n) is 2.22. The maximum absolute atomic E-state index is 5.19. The van der Waals surface area contributed by atoms with E-state index < -0.39 is 0 Å². The van der Waals surface area contributed by atoms with Crippen LogP contribution >= 0.6 is 0 Å². The molecular weight excluding hydrogens is 218 g/mol. The van der Waals surface area contributed by atoms with Crippen LogP contribution < -0.4 is 9.47 Å². The molecule has 4 nitrogen and oxygen atoms in total. The molecule has 1 rings (SSSR count). The Balaban J connectivity index is 2.86. The lowest BCUT2D eigenvalue weighted by Crippen LogP contribution is -1.89. The number of ether oxygens (including phenoxy) is 3. The maximum Gasteiger partial charge on any atom is 0.162 e. The fraction of sp³-hybridized carbons (Fsp3) is 0.308. The van der Waals surface area contributed by atoms with Gasteiger partial charge in [0.05, 0.1) is 32.8 Å². The maximum atomic E-state index is 5.19. The fourth-order valence-electron chi connectivity index (χ4n) is 1.20. The van der Waals surface area contributed by atoms with Crippen LogP contribution in [0.1, 0.15) is 6.92 Å². The van der Waals surface area contributed by atoms with E-state index in [4.69, 9.17) is 14.2 Å². The van der Waals surface area contributed by atoms with Crippen molar-refractivity contribution in [3.05, 3.63) is 30.0 Å². The van der Waals surface area contributed by atoms with Crippen molar-refractivity contribution < 1.29 is 14.2 Å². The van der Waals surface area contributed by atoms with Crippen molar-refractivity contribution in [1.29, 1.82) is 0 Å². The summed E-state index contributed by atoms with van der Waals surface area (Å²) < 4.78 is 15.3. The van der Waals surface area contributed by atoms with Gasteiger partial charge in [-0.1, -0.05) is 0 Å². The summed E-state index contributed by atoms with van der Waals surface area (Å²) in [5, 5.41) is 0. The number of hydrogen-bond donors (Lipinski definition) is 0. The summed E-state index contributed by atoms with van der Waals surface area (Å²) in [7, 11) is 4.82. The molecule has 1 aromatic rings. The molecule has 0 radical (unpaired) electrons. The molecule has 0 atom stereocenters. The predicted molar refractivity (Wildman–Crippen MR) is 68.5 cm³/mol. The normalized spacial score (nSPS) is 11.6. The summed E-state index contributed by atoms with van der Waals surface area (Å²) in [5.74, 6) is 2.15. The Morgan fingerprint density at radius 1 is 1.12 bits per heavy atom. The second-order valence-corrected chi connectivity index (χ2v) is 3.30. The molecular formula is C13H17NO3. The highest BCUT2D eigenvalue weighted by atomic mass is 16.5. The van der Waals surface area contributed by atoms with Gasteiger partial charge < -0.3 is 14.2 Å². The first-order valence-electron chi connectivity index (χ1n) is 5.18. The van der Waals surface area contributed by atoms with Gasteiger partial charge in [-0.2, -0.15) is 0 Å². The topological polar surface area (TPSA) is 40.0 Å². The number of aliphatic imine (C=N–C) groups is 1. The molecule has 92 valence electrons. The van der Waals surface area contributed by atoms with E-state index in [2.05, 4.69) is 4.99 Å². The Labute approximate surface area is 102 Å². The number of allylic oxidation sites excluding steroid dienone is 2. The molecule has 0 bridgehead atoms. The van der Waals surface area contributed by atoms with Crippen molar-refractivity contribution in [1.82, 2.24) is 0 Å². The number of benzene rings is 1. The first kappa shape index (κ1) is 13.1. The van der Waals surface area contributed by atoms with Gasteiger partial charge in [0.2, 0.25) is 0 Å². The van der Waals surface area contributed by atoms with Gasteiger partial charge in [-0.05, 0) is 25.1 Å². The van der Waals surface area contributed by atoms with Gasteiger partial charge in [-0.25, -0.2) is 0 Å². The van der Waals surface area contributed by atoms with Crippen molar-refractivity contribution in [3.8, 4) is 11.5 Å². The highest BCUT2D eigenvalue weighted by Gasteiger charge is 2.02. The second-order valence-electron chi connectivity index (χ2n) is 3.30. The van der Waals surface area contributed by atoms with Gasteiger partial charge in [0.1, 0.15) is 0 Å². The van der Waals surface area contributed by atoms with Crippen LogP contribution in [0.5, 0.6) is 11.5 Å². The molecule has 0 fully saturated rings. The molecule has 0 spiro atoms. The number of hydrogen-bond acceptors (Lipinski definition) is 4. The third kappa shape index (κ3) is 3.83. The van der Waals surface area contributed by atoms with E-state index >= 15 is 0 Å². The minimum absolute atomic E-state index is 0.662. The summed E-state index contributed by atoms with van der Waals surface area (Å²) in [4.78, 5) is 4.26. The Hall–Kier alpha value is -1.97. The zero-order valence-electron chi connectivity index (χ0n) is 10.6. The van der Waals surface area contributed by atoms with Gasteiger partial charge in [-0.15, -0.1) is 0 Å². The summed E-state index contributed by atoms with van der Waals surface area (Å²) in [5.41, 5.74) is 0.794. The van der Waals surface area contributed by atoms with Crippen LogP contribution in [-0.2, 0) is 4.74 Å². The fourth-order valence-corrected chi connectivity index (χ4v) is 1.20. The second kappa shape index (κ2) is 6.58. The Kier molecular flexibility index (Phi) is 5.07. The minimum Gasteiger partial charge on any atom is -0.501 e. The number of rotatable bonds is 5. The molecule has 17 heavy (non-hydrogen) atoms. The smallest absolute Gasteiger partial charge is 0.162 e. The van der Waals surface area contributed by atoms with E-state index in [0.717, 1.165) is 11.4 Å². The van der Waals surface area contributed by atoms with Crippen LogP contribution in [0.4, 0.5) is 5.69 Å². The lowest BCUT2D eigenvalue weighted by Gasteiger charge is -2.07. The lowest BCUT2D eigenvalue weighted by atomic mass is 10.3. The molecule has 0 aliphatic carbocycles. The van der Waals surface area contributed by atoms with Crippen molar-refractivity contribution in [3.63, 3.8) is 0 Å². The van der Waals surface area contributed by atoms with E-state index in [9.17, 15) is 0 Å². The molecule has 0 aliphatic heterocycles. The molecule has 0 saturated heterocycles. The van der Waals surface area contributed by atoms with Gasteiger partial charge in [-0.3, -0.25) is 4.99 Å². The minimum atomic E-state index is 0.662. The van der Waals surface area contributed by atoms with Crippen LogP contribution in [0.3, 0.4) is 0 Å². The van der Waals surface area contributed by atoms with Crippen LogP contribution in [0.25, 0.3) is 0 Å². The van der Waals surface area contributed by atoms with E-state index in [-0.39, 0.29) is 0 Å². The predicted octanol–water partition coefficient (Wildman–Crippen LogP) is 2.96. The van der Waals surface area contributed by atoms with Crippen LogP contribution in [0.15, 0.2) is 35.0 Å². The largest absolute Gasteiger partial charge is 0.501 e. The van der Waals surface area contributed by atoms with E-state index in [1.54, 1.807) is 33.6 Å². The van der Waals surface area contributed by atoms with Crippen molar-refractivity contribution in [2.75, 3.05) is 21.3 Å². The standard InChI is InChI=1S/C13H17NO3/c1-10(15-2)7-8-14-11-5-6-12(16-3)13(9-11)17-4/h5-9H,1-4H3/b10-7+,14-8?. The highest BCUT2D eigenvalue weighted by molar-refractivity contribution is 5.75. The Morgan fingerprint density at radius 2 is 1.82 bits per heavy atom. The molecule has 0 saturated carbocycles. The zero-order chi connectivity index (χ0) is 12.7. The number of nitrogens with zero attached hydrogens (tertiary/aromatic N) is 1. The van der Waals surface area contributed by atoms with Crippen molar-refractivity contribution in [2.45, 2.75) is 6.92 Å². The van der Waals surface area contributed by atoms with Crippen LogP contribution in [0, 0.1) is 0 Å². The van der Waals surface area contributed by atoms with E-state index in [1.165, 1.54) is 0 Å². The van der Waals surface area contributed by atoms with E-state index in [1.807, 2.05) is 25.1 Å². The summed E-state index contributed by atoms with van der Waals surface area (Å²) in [6, 6.07) is 5.48.